The summed E-state index contributed by atoms with van der Waals surface area (Å²) >= 11 is 6.59. The van der Waals surface area contributed by atoms with E-state index in [9.17, 15) is 9.90 Å². The number of hydrogen-bond donors (Lipinski definition) is 3. The number of nitrogens with zero attached hydrogens (tertiary/aromatic N) is 4. The number of ether oxygens (including phenoxy) is 2. The summed E-state index contributed by atoms with van der Waals surface area (Å²) in [4.78, 5) is 26.7. The van der Waals surface area contributed by atoms with Gasteiger partial charge in [-0.3, -0.25) is 4.98 Å². The smallest absolute Gasteiger partial charge is 0.347 e. The number of hydrogen-bond acceptors (Lipinski definition) is 7. The topological polar surface area (TPSA) is 131 Å². The maximum atomic E-state index is 11.8. The zero-order valence-corrected chi connectivity index (χ0v) is 21.2. The molecule has 3 atom stereocenters. The largest absolute Gasteiger partial charge is 0.459 e. The lowest BCUT2D eigenvalue weighted by Crippen LogP contribution is -2.40. The van der Waals surface area contributed by atoms with E-state index in [0.717, 1.165) is 23.1 Å². The van der Waals surface area contributed by atoms with Crippen LogP contribution >= 0.6 is 11.6 Å². The van der Waals surface area contributed by atoms with Gasteiger partial charge in [0.2, 0.25) is 0 Å². The fraction of sp³-hybridized carbons (Fsp3) is 0.259. The summed E-state index contributed by atoms with van der Waals surface area (Å²) in [5.74, 6) is 0.184. The number of aromatic nitrogens is 6. The Balaban J connectivity index is 1.20. The first-order chi connectivity index (χ1) is 18.5. The van der Waals surface area contributed by atoms with E-state index in [2.05, 4.69) is 25.0 Å². The Morgan fingerprint density at radius 1 is 1.11 bits per heavy atom. The maximum Gasteiger partial charge on any atom is 0.347 e. The first-order valence-electron chi connectivity index (χ1n) is 12.3. The predicted molar refractivity (Wildman–Crippen MR) is 143 cm³/mol. The van der Waals surface area contributed by atoms with Gasteiger partial charge in [0.15, 0.2) is 5.65 Å². The maximum absolute atomic E-state index is 11.8. The molecule has 2 aromatic carbocycles. The molecule has 11 heteroatoms. The Morgan fingerprint density at radius 3 is 2.47 bits per heavy atom. The van der Waals surface area contributed by atoms with E-state index in [1.54, 1.807) is 6.07 Å². The molecule has 10 nitrogen and oxygen atoms in total. The van der Waals surface area contributed by atoms with Crippen LogP contribution in [0, 0.1) is 5.92 Å². The van der Waals surface area contributed by atoms with Crippen LogP contribution in [-0.2, 0) is 4.74 Å². The number of nitrogens with one attached hydrogen (secondary N) is 2. The molecule has 0 bridgehead atoms. The fourth-order valence-corrected chi connectivity index (χ4v) is 4.97. The monoisotopic (exact) mass is 532 g/mol. The van der Waals surface area contributed by atoms with Gasteiger partial charge >= 0.3 is 5.69 Å². The predicted octanol–water partition coefficient (Wildman–Crippen LogP) is 3.98. The lowest BCUT2D eigenvalue weighted by atomic mass is 9.95. The fourth-order valence-electron chi connectivity index (χ4n) is 4.71. The molecule has 4 heterocycles. The normalized spacial score (nSPS) is 19.6. The Bertz CT molecular complexity index is 1630. The van der Waals surface area contributed by atoms with Gasteiger partial charge in [-0.25, -0.2) is 9.78 Å². The van der Waals surface area contributed by atoms with Crippen molar-refractivity contribution in [3.63, 3.8) is 0 Å². The van der Waals surface area contributed by atoms with Gasteiger partial charge in [-0.1, -0.05) is 54.9 Å². The van der Waals surface area contributed by atoms with E-state index in [1.165, 1.54) is 11.0 Å². The Morgan fingerprint density at radius 2 is 1.82 bits per heavy atom. The van der Waals surface area contributed by atoms with E-state index in [-0.39, 0.29) is 30.4 Å². The summed E-state index contributed by atoms with van der Waals surface area (Å²) in [5.41, 5.74) is 5.07. The van der Waals surface area contributed by atoms with E-state index < -0.39 is 0 Å². The van der Waals surface area contributed by atoms with Crippen LogP contribution in [0.3, 0.4) is 0 Å². The molecule has 38 heavy (non-hydrogen) atoms. The first kappa shape index (κ1) is 24.4. The number of aromatic amines is 2. The number of fused-ring (bicyclic) bond motifs is 1. The molecular weight excluding hydrogens is 508 g/mol. The van der Waals surface area contributed by atoms with Gasteiger partial charge in [-0.2, -0.15) is 14.8 Å². The number of rotatable bonds is 6. The summed E-state index contributed by atoms with van der Waals surface area (Å²) in [7, 11) is 0. The van der Waals surface area contributed by atoms with Gasteiger partial charge < -0.3 is 19.6 Å². The molecule has 1 saturated heterocycles. The van der Waals surface area contributed by atoms with E-state index in [0.29, 0.717) is 40.2 Å². The molecule has 1 aliphatic heterocycles. The molecule has 194 valence electrons. The third-order valence-corrected chi connectivity index (χ3v) is 7.07. The number of aliphatic hydroxyl groups excluding tert-OH is 1. The van der Waals surface area contributed by atoms with Crippen molar-refractivity contribution in [1.29, 1.82) is 0 Å². The molecule has 0 unspecified atom stereocenters. The minimum absolute atomic E-state index is 0.00529. The number of H-pyrrole nitrogens is 2. The summed E-state index contributed by atoms with van der Waals surface area (Å²) < 4.78 is 13.0. The number of halogens is 1. The van der Waals surface area contributed by atoms with Crippen LogP contribution in [-0.4, -0.2) is 60.2 Å². The van der Waals surface area contributed by atoms with Gasteiger partial charge in [0.05, 0.1) is 41.2 Å². The minimum atomic E-state index is -0.284. The summed E-state index contributed by atoms with van der Waals surface area (Å²) in [6.07, 6.45) is 1.80. The van der Waals surface area contributed by atoms with Crippen LogP contribution in [0.2, 0.25) is 5.02 Å². The average Bonchev–Trinajstić information content (AvgIpc) is 3.53. The SMILES string of the molecule is C[C@H]1C[C@@H](Oc2nc3nc(-c4ccc(-c5ccc(-n6nc[nH]c6=O)cc5)cc4)c(Cl)cc3[nH]2)CO[C@@H]1CO. The van der Waals surface area contributed by atoms with E-state index in [4.69, 9.17) is 21.1 Å². The molecule has 0 spiro atoms. The molecular formula is C27H25ClN6O4. The van der Waals surface area contributed by atoms with Crippen molar-refractivity contribution in [3.8, 4) is 34.1 Å². The molecule has 0 amide bonds. The highest BCUT2D eigenvalue weighted by atomic mass is 35.5. The lowest BCUT2D eigenvalue weighted by molar-refractivity contribution is -0.0958. The average molecular weight is 533 g/mol. The lowest BCUT2D eigenvalue weighted by Gasteiger charge is -2.32. The number of benzene rings is 2. The molecule has 6 rings (SSSR count). The van der Waals surface area contributed by atoms with Crippen LogP contribution in [0.1, 0.15) is 13.3 Å². The molecule has 3 N–H and O–H groups in total. The van der Waals surface area contributed by atoms with Gasteiger partial charge in [0.25, 0.3) is 6.01 Å². The van der Waals surface area contributed by atoms with Crippen molar-refractivity contribution in [2.75, 3.05) is 13.2 Å². The van der Waals surface area contributed by atoms with Crippen molar-refractivity contribution < 1.29 is 14.6 Å². The van der Waals surface area contributed by atoms with Crippen molar-refractivity contribution >= 4 is 22.8 Å². The van der Waals surface area contributed by atoms with Crippen LogP contribution in [0.15, 0.2) is 65.7 Å². The molecule has 5 aromatic rings. The molecule has 0 aliphatic carbocycles. The third kappa shape index (κ3) is 4.69. The Kier molecular flexibility index (Phi) is 6.44. The quantitative estimate of drug-likeness (QED) is 0.301. The molecule has 1 aliphatic rings. The van der Waals surface area contributed by atoms with Crippen molar-refractivity contribution in [2.24, 2.45) is 5.92 Å². The standard InChI is InChI=1S/C27H25ClN6O4/c1-15-10-20(13-37-23(15)12-35)38-26-31-22-11-21(28)24(32-25(22)33-26)18-4-2-16(3-5-18)17-6-8-19(9-7-17)34-27(36)29-14-30-34/h2-9,11,14-15,20,23,35H,10,12-13H2,1H3,(H,29,30,36)(H,31,32,33)/t15-,20+,23+/m0/s1. The molecule has 3 aromatic heterocycles. The van der Waals surface area contributed by atoms with Crippen LogP contribution in [0.4, 0.5) is 0 Å². The molecule has 0 saturated carbocycles. The van der Waals surface area contributed by atoms with Crippen molar-refractivity contribution in [3.05, 3.63) is 76.4 Å². The van der Waals surface area contributed by atoms with Gasteiger partial charge in [0, 0.05) is 5.56 Å². The number of aliphatic hydroxyl groups is 1. The molecule has 1 fully saturated rings. The first-order valence-corrected chi connectivity index (χ1v) is 12.7. The number of imidazole rings is 1. The summed E-state index contributed by atoms with van der Waals surface area (Å²) in [6.45, 7) is 2.43. The Labute approximate surface area is 222 Å². The third-order valence-electron chi connectivity index (χ3n) is 6.79. The summed E-state index contributed by atoms with van der Waals surface area (Å²) in [6, 6.07) is 17.6. The Hall–Kier alpha value is -3.99. The zero-order chi connectivity index (χ0) is 26.2. The highest BCUT2D eigenvalue weighted by Gasteiger charge is 2.29. The van der Waals surface area contributed by atoms with E-state index >= 15 is 0 Å². The second kappa shape index (κ2) is 10.1. The van der Waals surface area contributed by atoms with E-state index in [1.807, 2.05) is 55.5 Å². The molecule has 0 radical (unpaired) electrons. The van der Waals surface area contributed by atoms with Crippen LogP contribution in [0.5, 0.6) is 6.01 Å². The second-order valence-electron chi connectivity index (χ2n) is 9.37. The highest BCUT2D eigenvalue weighted by molar-refractivity contribution is 6.33. The summed E-state index contributed by atoms with van der Waals surface area (Å²) in [5, 5.41) is 13.9. The van der Waals surface area contributed by atoms with Crippen LogP contribution in [0.25, 0.3) is 39.2 Å². The van der Waals surface area contributed by atoms with Crippen molar-refractivity contribution in [1.82, 2.24) is 29.7 Å². The number of pyridine rings is 1. The minimum Gasteiger partial charge on any atom is -0.459 e. The highest BCUT2D eigenvalue weighted by Crippen LogP contribution is 2.32. The van der Waals surface area contributed by atoms with Gasteiger partial charge in [-0.05, 0) is 41.7 Å². The van der Waals surface area contributed by atoms with Gasteiger partial charge in [-0.15, -0.1) is 0 Å². The van der Waals surface area contributed by atoms with Crippen LogP contribution < -0.4 is 10.4 Å². The van der Waals surface area contributed by atoms with Gasteiger partial charge in [0.1, 0.15) is 12.4 Å². The second-order valence-corrected chi connectivity index (χ2v) is 9.78. The zero-order valence-electron chi connectivity index (χ0n) is 20.5. The van der Waals surface area contributed by atoms with Crippen molar-refractivity contribution in [2.45, 2.75) is 25.6 Å².